The minimum atomic E-state index is -1.17. The molecule has 4 rings (SSSR count). The molecule has 0 radical (unpaired) electrons. The molecule has 2 bridgehead atoms. The molecule has 2 aromatic rings. The molecule has 6 atom stereocenters. The molecule has 1 aliphatic carbocycles. The molecular formula is C32H44N4O5. The van der Waals surface area contributed by atoms with Gasteiger partial charge in [-0.2, -0.15) is 0 Å². The van der Waals surface area contributed by atoms with Gasteiger partial charge >= 0.3 is 0 Å². The smallest absolute Gasteiger partial charge is 0.246 e. The molecule has 41 heavy (non-hydrogen) atoms. The molecule has 4 N–H and O–H groups in total. The van der Waals surface area contributed by atoms with Gasteiger partial charge in [0.1, 0.15) is 24.4 Å². The zero-order chi connectivity index (χ0) is 29.5. The third kappa shape index (κ3) is 7.65. The summed E-state index contributed by atoms with van der Waals surface area (Å²) in [5, 5.41) is 20.0. The van der Waals surface area contributed by atoms with Crippen LogP contribution >= 0.6 is 0 Å². The molecule has 9 nitrogen and oxygen atoms in total. The van der Waals surface area contributed by atoms with E-state index < -0.39 is 30.1 Å². The van der Waals surface area contributed by atoms with E-state index in [0.29, 0.717) is 13.2 Å². The second kappa shape index (κ2) is 14.0. The predicted molar refractivity (Wildman–Crippen MR) is 157 cm³/mol. The van der Waals surface area contributed by atoms with Gasteiger partial charge in [-0.25, -0.2) is 0 Å². The van der Waals surface area contributed by atoms with E-state index in [1.165, 1.54) is 18.9 Å². The van der Waals surface area contributed by atoms with Gasteiger partial charge in [0, 0.05) is 26.1 Å². The number of carbonyl (C=O) groups excluding carboxylic acids is 3. The lowest BCUT2D eigenvalue weighted by Gasteiger charge is -2.34. The molecule has 0 aromatic heterocycles. The molecule has 9 heteroatoms. The van der Waals surface area contributed by atoms with Crippen LogP contribution in [0.5, 0.6) is 5.75 Å². The topological polar surface area (TPSA) is 120 Å². The second-order valence-corrected chi connectivity index (χ2v) is 11.7. The monoisotopic (exact) mass is 564 g/mol. The highest BCUT2D eigenvalue weighted by Gasteiger charge is 2.38. The number of benzene rings is 2. The Morgan fingerprint density at radius 3 is 2.37 bits per heavy atom. The zero-order valence-corrected chi connectivity index (χ0v) is 24.5. The van der Waals surface area contributed by atoms with Crippen molar-refractivity contribution in [2.24, 2.45) is 5.92 Å². The van der Waals surface area contributed by atoms with Crippen LogP contribution < -0.4 is 20.7 Å². The lowest BCUT2D eigenvalue weighted by atomic mass is 9.96. The minimum absolute atomic E-state index is 0.0418. The summed E-state index contributed by atoms with van der Waals surface area (Å²) in [4.78, 5) is 42.2. The van der Waals surface area contributed by atoms with Gasteiger partial charge in [-0.05, 0) is 55.2 Å². The van der Waals surface area contributed by atoms with Gasteiger partial charge in [0.25, 0.3) is 0 Å². The van der Waals surface area contributed by atoms with Crippen molar-refractivity contribution in [1.82, 2.24) is 20.9 Å². The Labute approximate surface area is 243 Å². The summed E-state index contributed by atoms with van der Waals surface area (Å²) in [5.74, 6) is -0.183. The average molecular weight is 565 g/mol. The van der Waals surface area contributed by atoms with Gasteiger partial charge in [-0.15, -0.1) is 0 Å². The van der Waals surface area contributed by atoms with Crippen LogP contribution in [0.15, 0.2) is 54.6 Å². The summed E-state index contributed by atoms with van der Waals surface area (Å²) in [6, 6.07) is 14.8. The maximum atomic E-state index is 13.7. The summed E-state index contributed by atoms with van der Waals surface area (Å²) in [6.45, 7) is 6.14. The number of aliphatic hydroxyl groups is 1. The second-order valence-electron chi connectivity index (χ2n) is 11.7. The zero-order valence-electron chi connectivity index (χ0n) is 24.5. The van der Waals surface area contributed by atoms with E-state index in [4.69, 9.17) is 4.74 Å². The van der Waals surface area contributed by atoms with Crippen molar-refractivity contribution in [3.8, 4) is 5.75 Å². The molecule has 0 saturated heterocycles. The molecule has 3 amide bonds. The van der Waals surface area contributed by atoms with Crippen LogP contribution in [0, 0.1) is 5.92 Å². The fourth-order valence-electron chi connectivity index (χ4n) is 6.02. The molecule has 1 saturated carbocycles. The van der Waals surface area contributed by atoms with Crippen LogP contribution in [0.25, 0.3) is 0 Å². The van der Waals surface area contributed by atoms with E-state index in [0.717, 1.165) is 36.1 Å². The lowest BCUT2D eigenvalue weighted by molar-refractivity contribution is -0.145. The number of rotatable bonds is 4. The van der Waals surface area contributed by atoms with Gasteiger partial charge in [-0.3, -0.25) is 14.4 Å². The van der Waals surface area contributed by atoms with Crippen LogP contribution in [0.2, 0.25) is 0 Å². The molecule has 1 fully saturated rings. The number of carbonyl (C=O) groups is 3. The number of amides is 3. The van der Waals surface area contributed by atoms with E-state index in [9.17, 15) is 19.5 Å². The van der Waals surface area contributed by atoms with E-state index in [1.54, 1.807) is 0 Å². The van der Waals surface area contributed by atoms with Crippen molar-refractivity contribution in [2.45, 2.75) is 82.6 Å². The molecule has 2 aliphatic rings. The van der Waals surface area contributed by atoms with Crippen molar-refractivity contribution in [2.75, 3.05) is 20.2 Å². The molecule has 3 unspecified atom stereocenters. The maximum absolute atomic E-state index is 13.7. The number of fused-ring (bicyclic) bond motifs is 4. The van der Waals surface area contributed by atoms with E-state index in [1.807, 2.05) is 62.4 Å². The molecule has 1 aliphatic heterocycles. The number of hydrogen-bond acceptors (Lipinski definition) is 6. The van der Waals surface area contributed by atoms with Gasteiger partial charge in [-0.1, -0.05) is 62.4 Å². The fourth-order valence-corrected chi connectivity index (χ4v) is 6.02. The fraction of sp³-hybridized carbons (Fsp3) is 0.531. The molecule has 1 heterocycles. The number of nitrogens with one attached hydrogen (secondary N) is 3. The Kier molecular flexibility index (Phi) is 10.4. The van der Waals surface area contributed by atoms with Crippen LogP contribution in [0.3, 0.4) is 0 Å². The van der Waals surface area contributed by atoms with Crippen LogP contribution in [-0.4, -0.2) is 78.2 Å². The van der Waals surface area contributed by atoms with Crippen molar-refractivity contribution < 1.29 is 24.2 Å². The van der Waals surface area contributed by atoms with Gasteiger partial charge in [0.2, 0.25) is 17.7 Å². The van der Waals surface area contributed by atoms with Gasteiger partial charge in [0.15, 0.2) is 0 Å². The molecule has 222 valence electrons. The number of likely N-dealkylation sites (N-methyl/N-ethyl adjacent to an activating group) is 1. The Morgan fingerprint density at radius 1 is 0.951 bits per heavy atom. The maximum Gasteiger partial charge on any atom is 0.246 e. The highest BCUT2D eigenvalue weighted by molar-refractivity contribution is 5.93. The highest BCUT2D eigenvalue weighted by atomic mass is 16.5. The van der Waals surface area contributed by atoms with Crippen molar-refractivity contribution in [3.05, 3.63) is 65.7 Å². The summed E-state index contributed by atoms with van der Waals surface area (Å²) < 4.78 is 6.18. The number of aliphatic hydroxyl groups excluding tert-OH is 1. The summed E-state index contributed by atoms with van der Waals surface area (Å²) in [6.07, 6.45) is 1.64. The number of nitrogens with zero attached hydrogens (tertiary/aromatic N) is 1. The molecule has 2 aromatic carbocycles. The first-order valence-corrected chi connectivity index (χ1v) is 14.7. The van der Waals surface area contributed by atoms with E-state index in [2.05, 4.69) is 22.0 Å². The average Bonchev–Trinajstić information content (AvgIpc) is 3.40. The largest absolute Gasteiger partial charge is 0.492 e. The molecule has 0 spiro atoms. The SMILES string of the molecule is CC(C)[C@@H]1NCCOc2ccccc2C2CCC(C2)NC(=O)[C@@H](Cc2ccccc2)NC(=O)[C@H](C(C)O)N(C)C1=O. The third-order valence-corrected chi connectivity index (χ3v) is 8.20. The van der Waals surface area contributed by atoms with Gasteiger partial charge in [0.05, 0.1) is 12.1 Å². The van der Waals surface area contributed by atoms with Gasteiger partial charge < -0.3 is 30.7 Å². The number of para-hydroxylation sites is 1. The minimum Gasteiger partial charge on any atom is -0.492 e. The Bertz CT molecular complexity index is 1190. The van der Waals surface area contributed by atoms with Crippen molar-refractivity contribution >= 4 is 17.7 Å². The standard InChI is InChI=1S/C32H44N4O5/c1-20(2)28-32(40)36(4)29(21(3)37)31(39)35-26(18-22-10-6-5-7-11-22)30(38)34-24-15-14-23(19-24)25-12-8-9-13-27(25)41-17-16-33-28/h5-13,20-21,23-24,26,28-29,33,37H,14-19H2,1-4H3,(H,34,38)(H,35,39)/t21?,23?,24?,26-,28+,29+/m1/s1. The number of hydrogen-bond donors (Lipinski definition) is 4. The Morgan fingerprint density at radius 2 is 1.66 bits per heavy atom. The predicted octanol–water partition coefficient (Wildman–Crippen LogP) is 2.38. The Hall–Kier alpha value is -3.43. The van der Waals surface area contributed by atoms with E-state index >= 15 is 0 Å². The van der Waals surface area contributed by atoms with Crippen molar-refractivity contribution in [1.29, 1.82) is 0 Å². The normalized spacial score (nSPS) is 27.2. The lowest BCUT2D eigenvalue weighted by Crippen LogP contribution is -2.61. The number of ether oxygens (including phenoxy) is 1. The first-order valence-electron chi connectivity index (χ1n) is 14.7. The van der Waals surface area contributed by atoms with Crippen LogP contribution in [0.1, 0.15) is 57.1 Å². The summed E-state index contributed by atoms with van der Waals surface area (Å²) >= 11 is 0. The Balaban J connectivity index is 1.66. The van der Waals surface area contributed by atoms with Crippen molar-refractivity contribution in [3.63, 3.8) is 0 Å². The highest BCUT2D eigenvalue weighted by Crippen LogP contribution is 2.39. The quantitative estimate of drug-likeness (QED) is 0.453. The molecular weight excluding hydrogens is 520 g/mol. The third-order valence-electron chi connectivity index (χ3n) is 8.20. The van der Waals surface area contributed by atoms with E-state index in [-0.39, 0.29) is 36.1 Å². The first kappa shape index (κ1) is 30.5. The van der Waals surface area contributed by atoms with Crippen LogP contribution in [-0.2, 0) is 20.8 Å². The van der Waals surface area contributed by atoms with Crippen LogP contribution in [0.4, 0.5) is 0 Å². The summed E-state index contributed by atoms with van der Waals surface area (Å²) in [7, 11) is 1.52. The summed E-state index contributed by atoms with van der Waals surface area (Å²) in [5.41, 5.74) is 2.02. The first-order chi connectivity index (χ1) is 19.7.